The number of amides is 1. The molecule has 0 heterocycles. The van der Waals surface area contributed by atoms with Crippen LogP contribution in [0.5, 0.6) is 0 Å². The van der Waals surface area contributed by atoms with Crippen molar-refractivity contribution < 1.29 is 9.18 Å². The number of nitrogens with two attached hydrogens (primary N) is 1. The number of carbonyl (C=O) groups excluding carboxylic acids is 1. The van der Waals surface area contributed by atoms with Gasteiger partial charge in [0.05, 0.1) is 0 Å². The molecule has 4 heteroatoms. The number of benzene rings is 2. The molecule has 0 aliphatic heterocycles. The maximum absolute atomic E-state index is 12.9. The van der Waals surface area contributed by atoms with Crippen molar-refractivity contribution in [3.63, 3.8) is 0 Å². The molecule has 0 fully saturated rings. The average molecular weight is 287 g/mol. The summed E-state index contributed by atoms with van der Waals surface area (Å²) < 4.78 is 12.9. The van der Waals surface area contributed by atoms with Crippen LogP contribution in [0.1, 0.15) is 11.1 Å². The third-order valence-electron chi connectivity index (χ3n) is 2.85. The van der Waals surface area contributed by atoms with E-state index in [1.807, 2.05) is 30.5 Å². The first-order valence-electron chi connectivity index (χ1n) is 6.01. The monoisotopic (exact) mass is 287 g/mol. The van der Waals surface area contributed by atoms with Crippen molar-refractivity contribution in [3.8, 4) is 0 Å². The molecule has 20 heavy (non-hydrogen) atoms. The van der Waals surface area contributed by atoms with Crippen molar-refractivity contribution in [3.05, 3.63) is 65.5 Å². The summed E-state index contributed by atoms with van der Waals surface area (Å²) in [6, 6.07) is 13.5. The lowest BCUT2D eigenvalue weighted by atomic mass is 10.0. The van der Waals surface area contributed by atoms with E-state index < -0.39 is 5.91 Å². The van der Waals surface area contributed by atoms with Gasteiger partial charge in [-0.15, -0.1) is 11.8 Å². The summed E-state index contributed by atoms with van der Waals surface area (Å²) in [7, 11) is 0. The Balaban J connectivity index is 2.39. The molecular formula is C16H14FNOS. The Morgan fingerprint density at radius 2 is 1.70 bits per heavy atom. The molecule has 0 spiro atoms. The maximum atomic E-state index is 12.9. The SMILES string of the molecule is CSc1ccc(/C=C(\C(N)=O)c2ccc(F)cc2)cc1. The summed E-state index contributed by atoms with van der Waals surface area (Å²) in [6.45, 7) is 0. The first-order chi connectivity index (χ1) is 9.60. The van der Waals surface area contributed by atoms with Crippen LogP contribution in [0.25, 0.3) is 11.6 Å². The number of hydrogen-bond donors (Lipinski definition) is 1. The Hall–Kier alpha value is -2.07. The topological polar surface area (TPSA) is 43.1 Å². The van der Waals surface area contributed by atoms with Crippen molar-refractivity contribution in [2.45, 2.75) is 4.90 Å². The Bertz CT molecular complexity index is 633. The lowest BCUT2D eigenvalue weighted by molar-refractivity contribution is -0.112. The molecule has 0 radical (unpaired) electrons. The molecule has 102 valence electrons. The predicted octanol–water partition coefficient (Wildman–Crippen LogP) is 3.57. The lowest BCUT2D eigenvalue weighted by Crippen LogP contribution is -2.12. The second-order valence-corrected chi connectivity index (χ2v) is 5.08. The Morgan fingerprint density at radius 3 is 2.20 bits per heavy atom. The Morgan fingerprint density at radius 1 is 1.10 bits per heavy atom. The Labute approximate surface area is 121 Å². The predicted molar refractivity (Wildman–Crippen MR) is 81.7 cm³/mol. The van der Waals surface area contributed by atoms with Gasteiger partial charge in [-0.2, -0.15) is 0 Å². The molecule has 0 aliphatic carbocycles. The number of primary amides is 1. The van der Waals surface area contributed by atoms with Crippen LogP contribution < -0.4 is 5.73 Å². The lowest BCUT2D eigenvalue weighted by Gasteiger charge is -2.05. The van der Waals surface area contributed by atoms with Crippen LogP contribution >= 0.6 is 11.8 Å². The molecule has 0 bridgehead atoms. The van der Waals surface area contributed by atoms with E-state index in [2.05, 4.69) is 0 Å². The van der Waals surface area contributed by atoms with Gasteiger partial charge in [0.15, 0.2) is 0 Å². The largest absolute Gasteiger partial charge is 0.366 e. The average Bonchev–Trinajstić information content (AvgIpc) is 2.46. The number of thioether (sulfide) groups is 1. The first kappa shape index (κ1) is 14.3. The molecule has 2 rings (SSSR count). The summed E-state index contributed by atoms with van der Waals surface area (Å²) in [5, 5.41) is 0. The maximum Gasteiger partial charge on any atom is 0.249 e. The number of hydrogen-bond acceptors (Lipinski definition) is 2. The van der Waals surface area contributed by atoms with Gasteiger partial charge in [-0.1, -0.05) is 24.3 Å². The minimum atomic E-state index is -0.537. The fraction of sp³-hybridized carbons (Fsp3) is 0.0625. The van der Waals surface area contributed by atoms with Crippen molar-refractivity contribution in [1.82, 2.24) is 0 Å². The van der Waals surface area contributed by atoms with E-state index >= 15 is 0 Å². The third kappa shape index (κ3) is 3.48. The minimum Gasteiger partial charge on any atom is -0.366 e. The summed E-state index contributed by atoms with van der Waals surface area (Å²) >= 11 is 1.65. The summed E-state index contributed by atoms with van der Waals surface area (Å²) in [5.74, 6) is -0.882. The van der Waals surface area contributed by atoms with Crippen molar-refractivity contribution in [2.75, 3.05) is 6.26 Å². The zero-order valence-corrected chi connectivity index (χ0v) is 11.8. The molecule has 0 aliphatic rings. The van der Waals surface area contributed by atoms with Gasteiger partial charge < -0.3 is 5.73 Å². The van der Waals surface area contributed by atoms with Crippen LogP contribution in [0.3, 0.4) is 0 Å². The quantitative estimate of drug-likeness (QED) is 0.530. The van der Waals surface area contributed by atoms with Crippen LogP contribution in [0, 0.1) is 5.82 Å². The van der Waals surface area contributed by atoms with Gasteiger partial charge in [0.2, 0.25) is 5.91 Å². The minimum absolute atomic E-state index is 0.345. The van der Waals surface area contributed by atoms with Gasteiger partial charge in [-0.3, -0.25) is 4.79 Å². The summed E-state index contributed by atoms with van der Waals surface area (Å²) in [4.78, 5) is 12.7. The van der Waals surface area contributed by atoms with Gasteiger partial charge >= 0.3 is 0 Å². The van der Waals surface area contributed by atoms with Crippen LogP contribution in [0.2, 0.25) is 0 Å². The zero-order valence-electron chi connectivity index (χ0n) is 11.0. The van der Waals surface area contributed by atoms with E-state index in [4.69, 9.17) is 5.73 Å². The fourth-order valence-corrected chi connectivity index (χ4v) is 2.20. The highest BCUT2D eigenvalue weighted by Crippen LogP contribution is 2.21. The highest BCUT2D eigenvalue weighted by atomic mass is 32.2. The fourth-order valence-electron chi connectivity index (χ4n) is 1.79. The number of halogens is 1. The smallest absolute Gasteiger partial charge is 0.249 e. The molecule has 0 saturated carbocycles. The molecule has 0 unspecified atom stereocenters. The molecular weight excluding hydrogens is 273 g/mol. The highest BCUT2D eigenvalue weighted by molar-refractivity contribution is 7.98. The normalized spacial score (nSPS) is 11.4. The Kier molecular flexibility index (Phi) is 4.58. The van der Waals surface area contributed by atoms with Gasteiger partial charge in [-0.25, -0.2) is 4.39 Å². The molecule has 1 amide bonds. The molecule has 2 N–H and O–H groups in total. The van der Waals surface area contributed by atoms with Gasteiger partial charge in [-0.05, 0) is 47.7 Å². The van der Waals surface area contributed by atoms with E-state index in [1.165, 1.54) is 12.1 Å². The van der Waals surface area contributed by atoms with E-state index in [0.717, 1.165) is 10.5 Å². The molecule has 0 aromatic heterocycles. The van der Waals surface area contributed by atoms with E-state index in [0.29, 0.717) is 11.1 Å². The standard InChI is InChI=1S/C16H14FNOS/c1-20-14-8-2-11(3-9-14)10-15(16(18)19)12-4-6-13(17)7-5-12/h2-10H,1H3,(H2,18,19)/b15-10-. The molecule has 2 aromatic carbocycles. The second kappa shape index (κ2) is 6.39. The van der Waals surface area contributed by atoms with E-state index in [-0.39, 0.29) is 5.82 Å². The van der Waals surface area contributed by atoms with Gasteiger partial charge in [0.1, 0.15) is 5.82 Å². The van der Waals surface area contributed by atoms with Gasteiger partial charge in [0.25, 0.3) is 0 Å². The van der Waals surface area contributed by atoms with Crippen molar-refractivity contribution in [2.24, 2.45) is 5.73 Å². The summed E-state index contributed by atoms with van der Waals surface area (Å²) in [5.41, 5.74) is 7.25. The van der Waals surface area contributed by atoms with E-state index in [9.17, 15) is 9.18 Å². The van der Waals surface area contributed by atoms with Crippen LogP contribution in [-0.4, -0.2) is 12.2 Å². The number of carbonyl (C=O) groups is 1. The molecule has 0 atom stereocenters. The van der Waals surface area contributed by atoms with Crippen LogP contribution in [0.15, 0.2) is 53.4 Å². The molecule has 0 saturated heterocycles. The molecule has 2 nitrogen and oxygen atoms in total. The van der Waals surface area contributed by atoms with Crippen LogP contribution in [-0.2, 0) is 4.79 Å². The second-order valence-electron chi connectivity index (χ2n) is 4.20. The van der Waals surface area contributed by atoms with Gasteiger partial charge in [0, 0.05) is 10.5 Å². The number of rotatable bonds is 4. The van der Waals surface area contributed by atoms with Crippen molar-refractivity contribution >= 4 is 29.3 Å². The highest BCUT2D eigenvalue weighted by Gasteiger charge is 2.08. The first-order valence-corrected chi connectivity index (χ1v) is 7.24. The van der Waals surface area contributed by atoms with E-state index in [1.54, 1.807) is 30.0 Å². The van der Waals surface area contributed by atoms with Crippen LogP contribution in [0.4, 0.5) is 4.39 Å². The third-order valence-corrected chi connectivity index (χ3v) is 3.59. The van der Waals surface area contributed by atoms with Crippen molar-refractivity contribution in [1.29, 1.82) is 0 Å². The molecule has 2 aromatic rings. The zero-order chi connectivity index (χ0) is 14.5. The summed E-state index contributed by atoms with van der Waals surface area (Å²) in [6.07, 6.45) is 3.71.